The average Bonchev–Trinajstić information content (AvgIpc) is 2.38. The number of urea groups is 1. The number of amides is 2. The maximum atomic E-state index is 11.7. The first-order chi connectivity index (χ1) is 9.84. The highest BCUT2D eigenvalue weighted by atomic mass is 35.5. The number of carbonyl (C=O) groups excluding carboxylic acids is 1. The number of hydrogen-bond donors (Lipinski definition) is 3. The van der Waals surface area contributed by atoms with E-state index >= 15 is 0 Å². The summed E-state index contributed by atoms with van der Waals surface area (Å²) >= 11 is 5.80. The zero-order valence-electron chi connectivity index (χ0n) is 10.6. The van der Waals surface area contributed by atoms with Gasteiger partial charge in [-0.3, -0.25) is 4.55 Å². The molecule has 2 aromatic carbocycles. The van der Waals surface area contributed by atoms with Crippen LogP contribution < -0.4 is 10.6 Å². The van der Waals surface area contributed by atoms with Crippen LogP contribution in [0, 0.1) is 0 Å². The molecule has 0 saturated carbocycles. The van der Waals surface area contributed by atoms with Crippen molar-refractivity contribution in [2.45, 2.75) is 4.90 Å². The van der Waals surface area contributed by atoms with Gasteiger partial charge in [0.05, 0.1) is 4.90 Å². The van der Waals surface area contributed by atoms with Crippen molar-refractivity contribution in [2.75, 3.05) is 10.6 Å². The van der Waals surface area contributed by atoms with Gasteiger partial charge in [0.25, 0.3) is 10.1 Å². The van der Waals surface area contributed by atoms with Crippen LogP contribution in [0.5, 0.6) is 0 Å². The van der Waals surface area contributed by atoms with Crippen molar-refractivity contribution < 1.29 is 17.8 Å². The zero-order chi connectivity index (χ0) is 15.5. The lowest BCUT2D eigenvalue weighted by Crippen LogP contribution is -2.19. The number of hydrogen-bond acceptors (Lipinski definition) is 3. The molecule has 8 heteroatoms. The smallest absolute Gasteiger partial charge is 0.308 e. The molecule has 0 heterocycles. The number of anilines is 2. The van der Waals surface area contributed by atoms with Gasteiger partial charge in [0, 0.05) is 16.4 Å². The molecule has 2 rings (SSSR count). The van der Waals surface area contributed by atoms with Crippen molar-refractivity contribution in [2.24, 2.45) is 0 Å². The highest BCUT2D eigenvalue weighted by Crippen LogP contribution is 2.16. The van der Waals surface area contributed by atoms with Gasteiger partial charge in [0.2, 0.25) is 0 Å². The van der Waals surface area contributed by atoms with Gasteiger partial charge in [0.1, 0.15) is 0 Å². The molecule has 0 aliphatic carbocycles. The van der Waals surface area contributed by atoms with E-state index in [0.29, 0.717) is 16.4 Å². The van der Waals surface area contributed by atoms with Gasteiger partial charge >= 0.3 is 6.03 Å². The Kier molecular flexibility index (Phi) is 4.46. The molecule has 0 unspecified atom stereocenters. The molecule has 3 N–H and O–H groups in total. The number of rotatable bonds is 3. The predicted octanol–water partition coefficient (Wildman–Crippen LogP) is 3.23. The molecular weight excluding hydrogens is 316 g/mol. The second kappa shape index (κ2) is 6.13. The molecule has 0 spiro atoms. The highest BCUT2D eigenvalue weighted by Gasteiger charge is 2.09. The highest BCUT2D eigenvalue weighted by molar-refractivity contribution is 7.85. The van der Waals surface area contributed by atoms with Gasteiger partial charge in [0.15, 0.2) is 0 Å². The summed E-state index contributed by atoms with van der Waals surface area (Å²) in [4.78, 5) is 11.5. The minimum atomic E-state index is -4.24. The Balaban J connectivity index is 2.03. The van der Waals surface area contributed by atoms with Crippen LogP contribution in [-0.4, -0.2) is 19.0 Å². The van der Waals surface area contributed by atoms with Gasteiger partial charge in [-0.2, -0.15) is 8.42 Å². The van der Waals surface area contributed by atoms with Gasteiger partial charge in [-0.1, -0.05) is 17.7 Å². The summed E-state index contributed by atoms with van der Waals surface area (Å²) in [6, 6.07) is 11.2. The van der Waals surface area contributed by atoms with Crippen molar-refractivity contribution in [1.29, 1.82) is 0 Å². The van der Waals surface area contributed by atoms with Gasteiger partial charge in [-0.15, -0.1) is 0 Å². The van der Waals surface area contributed by atoms with E-state index in [0.717, 1.165) is 0 Å². The molecule has 0 fully saturated rings. The first-order valence-electron chi connectivity index (χ1n) is 5.76. The third-order valence-corrected chi connectivity index (χ3v) is 3.60. The van der Waals surface area contributed by atoms with Crippen LogP contribution in [0.15, 0.2) is 53.4 Å². The molecule has 2 amide bonds. The van der Waals surface area contributed by atoms with Crippen molar-refractivity contribution in [3.63, 3.8) is 0 Å². The van der Waals surface area contributed by atoms with Crippen LogP contribution in [0.3, 0.4) is 0 Å². The van der Waals surface area contributed by atoms with Crippen molar-refractivity contribution in [3.05, 3.63) is 53.6 Å². The van der Waals surface area contributed by atoms with Crippen molar-refractivity contribution in [3.8, 4) is 0 Å². The van der Waals surface area contributed by atoms with E-state index in [1.54, 1.807) is 24.3 Å². The van der Waals surface area contributed by atoms with Gasteiger partial charge in [-0.05, 0) is 42.5 Å². The molecule has 21 heavy (non-hydrogen) atoms. The van der Waals surface area contributed by atoms with E-state index in [1.807, 2.05) is 0 Å². The van der Waals surface area contributed by atoms with Crippen LogP contribution in [0.4, 0.5) is 16.2 Å². The topological polar surface area (TPSA) is 95.5 Å². The lowest BCUT2D eigenvalue weighted by molar-refractivity contribution is 0.262. The normalized spacial score (nSPS) is 11.0. The van der Waals surface area contributed by atoms with Crippen LogP contribution in [0.25, 0.3) is 0 Å². The molecule has 0 aromatic heterocycles. The Morgan fingerprint density at radius 1 is 1.00 bits per heavy atom. The molecule has 0 atom stereocenters. The van der Waals surface area contributed by atoms with E-state index in [1.165, 1.54) is 24.3 Å². The molecule has 0 saturated heterocycles. The summed E-state index contributed by atoms with van der Waals surface area (Å²) in [5.41, 5.74) is 0.900. The molecule has 0 aliphatic heterocycles. The van der Waals surface area contributed by atoms with Crippen molar-refractivity contribution in [1.82, 2.24) is 0 Å². The van der Waals surface area contributed by atoms with Crippen molar-refractivity contribution >= 4 is 39.1 Å². The summed E-state index contributed by atoms with van der Waals surface area (Å²) in [6.07, 6.45) is 0. The molecular formula is C13H11ClN2O4S. The van der Waals surface area contributed by atoms with E-state index in [4.69, 9.17) is 16.2 Å². The van der Waals surface area contributed by atoms with Crippen LogP contribution in [0.2, 0.25) is 5.02 Å². The summed E-state index contributed by atoms with van der Waals surface area (Å²) in [5.74, 6) is 0. The molecule has 0 bridgehead atoms. The quantitative estimate of drug-likeness (QED) is 0.754. The molecule has 0 radical (unpaired) electrons. The minimum absolute atomic E-state index is 0.247. The Morgan fingerprint density at radius 3 is 2.19 bits per heavy atom. The maximum Gasteiger partial charge on any atom is 0.323 e. The maximum absolute atomic E-state index is 11.7. The lowest BCUT2D eigenvalue weighted by atomic mass is 10.3. The summed E-state index contributed by atoms with van der Waals surface area (Å²) in [6.45, 7) is 0. The number of benzene rings is 2. The molecule has 0 aliphatic rings. The summed E-state index contributed by atoms with van der Waals surface area (Å²) in [5, 5.41) is 5.58. The third-order valence-electron chi connectivity index (χ3n) is 2.49. The van der Waals surface area contributed by atoms with E-state index < -0.39 is 16.1 Å². The molecule has 2 aromatic rings. The van der Waals surface area contributed by atoms with Gasteiger partial charge in [-0.25, -0.2) is 4.79 Å². The Bertz CT molecular complexity index is 760. The SMILES string of the molecule is O=C(Nc1ccc(S(=O)(=O)O)cc1)Nc1cccc(Cl)c1. The molecule has 110 valence electrons. The van der Waals surface area contributed by atoms with E-state index in [2.05, 4.69) is 10.6 Å². The summed E-state index contributed by atoms with van der Waals surface area (Å²) in [7, 11) is -4.24. The zero-order valence-corrected chi connectivity index (χ0v) is 12.1. The van der Waals surface area contributed by atoms with E-state index in [-0.39, 0.29) is 4.90 Å². The average molecular weight is 327 g/mol. The monoisotopic (exact) mass is 326 g/mol. The standard InChI is InChI=1S/C13H11ClN2O4S/c14-9-2-1-3-11(8-9)16-13(17)15-10-4-6-12(7-5-10)21(18,19)20/h1-8H,(H2,15,16,17)(H,18,19,20). The Morgan fingerprint density at radius 2 is 1.62 bits per heavy atom. The minimum Gasteiger partial charge on any atom is -0.308 e. The Hall–Kier alpha value is -2.09. The first-order valence-corrected chi connectivity index (χ1v) is 7.57. The largest absolute Gasteiger partial charge is 0.323 e. The number of carbonyl (C=O) groups is 1. The summed E-state index contributed by atoms with van der Waals surface area (Å²) < 4.78 is 30.6. The van der Waals surface area contributed by atoms with Crippen LogP contribution >= 0.6 is 11.6 Å². The fourth-order valence-corrected chi connectivity index (χ4v) is 2.24. The van der Waals surface area contributed by atoms with Crippen LogP contribution in [-0.2, 0) is 10.1 Å². The first kappa shape index (κ1) is 15.3. The van der Waals surface area contributed by atoms with E-state index in [9.17, 15) is 13.2 Å². The second-order valence-electron chi connectivity index (χ2n) is 4.09. The number of nitrogens with one attached hydrogen (secondary N) is 2. The lowest BCUT2D eigenvalue weighted by Gasteiger charge is -2.08. The Labute approximate surface area is 126 Å². The third kappa shape index (κ3) is 4.45. The fourth-order valence-electron chi connectivity index (χ4n) is 1.57. The molecule has 6 nitrogen and oxygen atoms in total. The fraction of sp³-hybridized carbons (Fsp3) is 0. The van der Waals surface area contributed by atoms with Gasteiger partial charge < -0.3 is 10.6 Å². The predicted molar refractivity (Wildman–Crippen MR) is 80.4 cm³/mol. The second-order valence-corrected chi connectivity index (χ2v) is 5.95. The number of halogens is 1. The van der Waals surface area contributed by atoms with Crippen LogP contribution in [0.1, 0.15) is 0 Å².